The van der Waals surface area contributed by atoms with Gasteiger partial charge < -0.3 is 19.3 Å². The minimum absolute atomic E-state index is 0.194. The van der Waals surface area contributed by atoms with E-state index in [4.69, 9.17) is 9.47 Å². The molecule has 0 aliphatic carbocycles. The molecule has 0 spiro atoms. The Morgan fingerprint density at radius 3 is 1.90 bits per heavy atom. The van der Waals surface area contributed by atoms with Gasteiger partial charge >= 0.3 is 6.09 Å². The molecule has 0 unspecified atom stereocenters. The molecule has 0 bridgehead atoms. The third kappa shape index (κ3) is 5.47. The molecule has 0 aromatic heterocycles. The molecule has 5 nitrogen and oxygen atoms in total. The summed E-state index contributed by atoms with van der Waals surface area (Å²) in [5, 5.41) is 0. The molecule has 21 heavy (non-hydrogen) atoms. The summed E-state index contributed by atoms with van der Waals surface area (Å²) in [6, 6.07) is 0. The number of likely N-dealkylation sites (tertiary alicyclic amines) is 2. The highest BCUT2D eigenvalue weighted by Gasteiger charge is 2.29. The summed E-state index contributed by atoms with van der Waals surface area (Å²) in [6.45, 7) is 9.45. The van der Waals surface area contributed by atoms with Crippen molar-refractivity contribution in [1.29, 1.82) is 0 Å². The molecule has 2 fully saturated rings. The highest BCUT2D eigenvalue weighted by Crippen LogP contribution is 2.21. The van der Waals surface area contributed by atoms with Crippen LogP contribution in [0.3, 0.4) is 0 Å². The Labute approximate surface area is 128 Å². The first-order chi connectivity index (χ1) is 9.83. The zero-order chi connectivity index (χ0) is 15.5. The second kappa shape index (κ2) is 6.97. The number of rotatable bonds is 2. The predicted molar refractivity (Wildman–Crippen MR) is 82.4 cm³/mol. The van der Waals surface area contributed by atoms with E-state index in [1.807, 2.05) is 20.8 Å². The van der Waals surface area contributed by atoms with Crippen molar-refractivity contribution >= 4 is 6.09 Å². The fourth-order valence-electron chi connectivity index (χ4n) is 2.89. The first-order valence-electron chi connectivity index (χ1n) is 8.15. The van der Waals surface area contributed by atoms with Crippen LogP contribution in [0.25, 0.3) is 0 Å². The van der Waals surface area contributed by atoms with Crippen LogP contribution in [0.15, 0.2) is 0 Å². The molecule has 0 radical (unpaired) electrons. The van der Waals surface area contributed by atoms with Crippen LogP contribution in [-0.4, -0.2) is 66.9 Å². The molecule has 0 aromatic rings. The van der Waals surface area contributed by atoms with E-state index in [1.54, 1.807) is 4.90 Å². The Morgan fingerprint density at radius 1 is 0.952 bits per heavy atom. The number of nitrogens with zero attached hydrogens (tertiary/aromatic N) is 2. The molecule has 2 heterocycles. The van der Waals surface area contributed by atoms with Gasteiger partial charge in [-0.2, -0.15) is 0 Å². The summed E-state index contributed by atoms with van der Waals surface area (Å²) < 4.78 is 11.6. The van der Waals surface area contributed by atoms with Gasteiger partial charge in [-0.3, -0.25) is 0 Å². The third-order valence-electron chi connectivity index (χ3n) is 4.14. The lowest BCUT2D eigenvalue weighted by molar-refractivity contribution is -0.0643. The van der Waals surface area contributed by atoms with Crippen molar-refractivity contribution in [2.75, 3.05) is 33.2 Å². The molecule has 2 saturated heterocycles. The minimum Gasteiger partial charge on any atom is -0.444 e. The van der Waals surface area contributed by atoms with Gasteiger partial charge in [-0.15, -0.1) is 0 Å². The summed E-state index contributed by atoms with van der Waals surface area (Å²) in [7, 11) is 2.16. The Hall–Kier alpha value is -0.810. The predicted octanol–water partition coefficient (Wildman–Crippen LogP) is 2.50. The quantitative estimate of drug-likeness (QED) is 0.785. The lowest BCUT2D eigenvalue weighted by Gasteiger charge is -2.36. The SMILES string of the molecule is CN1CCC(OC2CCN(C(=O)OC(C)(C)C)CC2)CC1. The van der Waals surface area contributed by atoms with Gasteiger partial charge in [-0.1, -0.05) is 0 Å². The smallest absolute Gasteiger partial charge is 0.410 e. The topological polar surface area (TPSA) is 42.0 Å². The maximum atomic E-state index is 12.0. The van der Waals surface area contributed by atoms with Gasteiger partial charge in [0.2, 0.25) is 0 Å². The summed E-state index contributed by atoms with van der Waals surface area (Å²) in [5.41, 5.74) is -0.418. The maximum absolute atomic E-state index is 12.0. The van der Waals surface area contributed by atoms with Gasteiger partial charge in [-0.05, 0) is 53.5 Å². The lowest BCUT2D eigenvalue weighted by Crippen LogP contribution is -2.45. The van der Waals surface area contributed by atoms with Crippen LogP contribution in [0.5, 0.6) is 0 Å². The summed E-state index contributed by atoms with van der Waals surface area (Å²) >= 11 is 0. The average molecular weight is 298 g/mol. The molecule has 122 valence electrons. The van der Waals surface area contributed by atoms with Crippen LogP contribution in [0.1, 0.15) is 46.5 Å². The highest BCUT2D eigenvalue weighted by atomic mass is 16.6. The van der Waals surface area contributed by atoms with E-state index in [0.717, 1.165) is 51.9 Å². The van der Waals surface area contributed by atoms with E-state index in [-0.39, 0.29) is 6.09 Å². The van der Waals surface area contributed by atoms with Crippen molar-refractivity contribution in [1.82, 2.24) is 9.80 Å². The van der Waals surface area contributed by atoms with Crippen LogP contribution in [0.4, 0.5) is 4.79 Å². The fourth-order valence-corrected chi connectivity index (χ4v) is 2.89. The Bertz CT molecular complexity index is 338. The lowest BCUT2D eigenvalue weighted by atomic mass is 10.1. The molecule has 1 amide bonds. The van der Waals surface area contributed by atoms with Crippen LogP contribution in [0, 0.1) is 0 Å². The number of hydrogen-bond acceptors (Lipinski definition) is 4. The molecule has 0 atom stereocenters. The van der Waals surface area contributed by atoms with Crippen LogP contribution < -0.4 is 0 Å². The molecular formula is C16H30N2O3. The van der Waals surface area contributed by atoms with E-state index in [0.29, 0.717) is 12.2 Å². The summed E-state index contributed by atoms with van der Waals surface area (Å²) in [4.78, 5) is 16.2. The van der Waals surface area contributed by atoms with Crippen molar-refractivity contribution < 1.29 is 14.3 Å². The van der Waals surface area contributed by atoms with E-state index in [1.165, 1.54) is 0 Å². The first-order valence-corrected chi connectivity index (χ1v) is 8.15. The number of piperidine rings is 2. The molecule has 0 aromatic carbocycles. The molecule has 5 heteroatoms. The van der Waals surface area contributed by atoms with E-state index in [9.17, 15) is 4.79 Å². The molecule has 2 aliphatic heterocycles. The number of carbonyl (C=O) groups excluding carboxylic acids is 1. The Kier molecular flexibility index (Phi) is 5.49. The van der Waals surface area contributed by atoms with Crippen LogP contribution in [-0.2, 0) is 9.47 Å². The fraction of sp³-hybridized carbons (Fsp3) is 0.938. The van der Waals surface area contributed by atoms with Crippen molar-refractivity contribution in [3.8, 4) is 0 Å². The monoisotopic (exact) mass is 298 g/mol. The second-order valence-corrected chi connectivity index (χ2v) is 7.31. The molecular weight excluding hydrogens is 268 g/mol. The van der Waals surface area contributed by atoms with Gasteiger partial charge in [0.25, 0.3) is 0 Å². The van der Waals surface area contributed by atoms with Crippen molar-refractivity contribution in [3.63, 3.8) is 0 Å². The molecule has 0 saturated carbocycles. The van der Waals surface area contributed by atoms with Gasteiger partial charge in [0.15, 0.2) is 0 Å². The molecule has 2 aliphatic rings. The van der Waals surface area contributed by atoms with E-state index in [2.05, 4.69) is 11.9 Å². The van der Waals surface area contributed by atoms with Crippen molar-refractivity contribution in [2.45, 2.75) is 64.3 Å². The normalized spacial score (nSPS) is 23.3. The minimum atomic E-state index is -0.418. The molecule has 0 N–H and O–H groups in total. The van der Waals surface area contributed by atoms with Crippen LogP contribution >= 0.6 is 0 Å². The first kappa shape index (κ1) is 16.6. The third-order valence-corrected chi connectivity index (χ3v) is 4.14. The largest absolute Gasteiger partial charge is 0.444 e. The van der Waals surface area contributed by atoms with Crippen LogP contribution in [0.2, 0.25) is 0 Å². The van der Waals surface area contributed by atoms with Crippen molar-refractivity contribution in [3.05, 3.63) is 0 Å². The number of amides is 1. The standard InChI is InChI=1S/C16H30N2O3/c1-16(2,3)21-15(19)18-11-7-14(8-12-18)20-13-5-9-17(4)10-6-13/h13-14H,5-12H2,1-4H3. The summed E-state index contributed by atoms with van der Waals surface area (Å²) in [6.07, 6.45) is 4.61. The Balaban J connectivity index is 1.69. The van der Waals surface area contributed by atoms with E-state index < -0.39 is 5.60 Å². The number of ether oxygens (including phenoxy) is 2. The number of carbonyl (C=O) groups is 1. The average Bonchev–Trinajstić information content (AvgIpc) is 2.40. The zero-order valence-electron chi connectivity index (χ0n) is 13.9. The second-order valence-electron chi connectivity index (χ2n) is 7.31. The van der Waals surface area contributed by atoms with Gasteiger partial charge in [0, 0.05) is 26.2 Å². The Morgan fingerprint density at radius 2 is 1.43 bits per heavy atom. The van der Waals surface area contributed by atoms with Gasteiger partial charge in [-0.25, -0.2) is 4.79 Å². The highest BCUT2D eigenvalue weighted by molar-refractivity contribution is 5.68. The molecule has 2 rings (SSSR count). The zero-order valence-corrected chi connectivity index (χ0v) is 13.9. The van der Waals surface area contributed by atoms with Gasteiger partial charge in [0.1, 0.15) is 5.60 Å². The van der Waals surface area contributed by atoms with Gasteiger partial charge in [0.05, 0.1) is 12.2 Å². The van der Waals surface area contributed by atoms with Crippen molar-refractivity contribution in [2.24, 2.45) is 0 Å². The maximum Gasteiger partial charge on any atom is 0.410 e. The summed E-state index contributed by atoms with van der Waals surface area (Å²) in [5.74, 6) is 0. The van der Waals surface area contributed by atoms with E-state index >= 15 is 0 Å². The number of hydrogen-bond donors (Lipinski definition) is 0.